The number of amides is 1. The summed E-state index contributed by atoms with van der Waals surface area (Å²) in [6.07, 6.45) is -1.84. The Hall–Kier alpha value is -1.14. The number of aliphatic hydroxyl groups excluding tert-OH is 1. The van der Waals surface area contributed by atoms with Gasteiger partial charge in [-0.05, 0) is 0 Å². The van der Waals surface area contributed by atoms with Crippen molar-refractivity contribution in [3.8, 4) is 0 Å². The van der Waals surface area contributed by atoms with Crippen LogP contribution in [0.2, 0.25) is 0 Å². The van der Waals surface area contributed by atoms with Crippen molar-refractivity contribution in [3.05, 3.63) is 0 Å². The van der Waals surface area contributed by atoms with Gasteiger partial charge in [0, 0.05) is 6.42 Å². The zero-order valence-corrected chi connectivity index (χ0v) is 5.73. The first kappa shape index (κ1) is 9.86. The highest BCUT2D eigenvalue weighted by Gasteiger charge is 2.19. The highest BCUT2D eigenvalue weighted by atomic mass is 16.4. The molecule has 6 N–H and O–H groups in total. The summed E-state index contributed by atoms with van der Waals surface area (Å²) in [7, 11) is 0. The van der Waals surface area contributed by atoms with Gasteiger partial charge in [0.1, 0.15) is 12.1 Å². The molecule has 0 aromatic rings. The molecule has 0 aliphatic heterocycles. The molecule has 1 unspecified atom stereocenters. The molecule has 0 aromatic carbocycles. The number of carboxylic acid groups (broad SMARTS) is 1. The Morgan fingerprint density at radius 1 is 1.45 bits per heavy atom. The van der Waals surface area contributed by atoms with E-state index in [1.807, 2.05) is 0 Å². The largest absolute Gasteiger partial charge is 0.480 e. The van der Waals surface area contributed by atoms with Crippen molar-refractivity contribution < 1.29 is 19.8 Å². The molecular formula is C5H10N2O4. The van der Waals surface area contributed by atoms with E-state index in [0.717, 1.165) is 0 Å². The Kier molecular flexibility index (Phi) is 3.49. The smallest absolute Gasteiger partial charge is 0.320 e. The van der Waals surface area contributed by atoms with Crippen molar-refractivity contribution >= 4 is 11.9 Å². The van der Waals surface area contributed by atoms with Gasteiger partial charge in [-0.25, -0.2) is 0 Å². The third-order valence-electron chi connectivity index (χ3n) is 1.12. The van der Waals surface area contributed by atoms with Crippen molar-refractivity contribution in [1.29, 1.82) is 0 Å². The maximum absolute atomic E-state index is 10.2. The van der Waals surface area contributed by atoms with Crippen LogP contribution in [0.5, 0.6) is 0 Å². The van der Waals surface area contributed by atoms with Gasteiger partial charge in [-0.1, -0.05) is 0 Å². The summed E-state index contributed by atoms with van der Waals surface area (Å²) in [5.74, 6) is -2.24. The zero-order chi connectivity index (χ0) is 9.02. The van der Waals surface area contributed by atoms with Gasteiger partial charge in [-0.2, -0.15) is 0 Å². The lowest BCUT2D eigenvalue weighted by molar-refractivity contribution is -0.139. The number of aliphatic carboxylic acids is 1. The number of carbonyl (C=O) groups excluding carboxylic acids is 1. The van der Waals surface area contributed by atoms with E-state index < -0.39 is 24.0 Å². The third kappa shape index (κ3) is 3.54. The first-order valence-corrected chi connectivity index (χ1v) is 2.91. The molecule has 0 saturated carbocycles. The predicted molar refractivity (Wildman–Crippen MR) is 35.4 cm³/mol. The molecule has 0 radical (unpaired) electrons. The lowest BCUT2D eigenvalue weighted by Crippen LogP contribution is -2.39. The number of carbonyl (C=O) groups is 2. The lowest BCUT2D eigenvalue weighted by atomic mass is 10.1. The van der Waals surface area contributed by atoms with Crippen LogP contribution in [0.4, 0.5) is 0 Å². The van der Waals surface area contributed by atoms with Gasteiger partial charge in [-0.3, -0.25) is 9.59 Å². The van der Waals surface area contributed by atoms with E-state index in [9.17, 15) is 9.59 Å². The Bertz CT molecular complexity index is 152. The SMILES string of the molecule is NC(=O)C(O)C[C@H](N)C(=O)O. The number of aliphatic hydroxyl groups is 1. The summed E-state index contributed by atoms with van der Waals surface area (Å²) in [6, 6.07) is -1.25. The number of hydrogen-bond donors (Lipinski definition) is 4. The molecule has 64 valence electrons. The van der Waals surface area contributed by atoms with Crippen LogP contribution in [0.1, 0.15) is 6.42 Å². The third-order valence-corrected chi connectivity index (χ3v) is 1.12. The van der Waals surface area contributed by atoms with Gasteiger partial charge in [0.05, 0.1) is 0 Å². The second-order valence-electron chi connectivity index (χ2n) is 2.10. The summed E-state index contributed by atoms with van der Waals surface area (Å²) in [5, 5.41) is 17.0. The molecule has 0 bridgehead atoms. The molecule has 0 fully saturated rings. The highest BCUT2D eigenvalue weighted by Crippen LogP contribution is 1.94. The number of carboxylic acids is 1. The Morgan fingerprint density at radius 2 is 1.91 bits per heavy atom. The van der Waals surface area contributed by atoms with Gasteiger partial charge < -0.3 is 21.7 Å². The molecule has 0 saturated heterocycles. The molecular weight excluding hydrogens is 152 g/mol. The lowest BCUT2D eigenvalue weighted by Gasteiger charge is -2.08. The van der Waals surface area contributed by atoms with E-state index in [1.165, 1.54) is 0 Å². The fourth-order valence-electron chi connectivity index (χ4n) is 0.458. The average Bonchev–Trinajstić information content (AvgIpc) is 1.87. The monoisotopic (exact) mass is 162 g/mol. The fraction of sp³-hybridized carbons (Fsp3) is 0.600. The van der Waals surface area contributed by atoms with Crippen molar-refractivity contribution in [2.75, 3.05) is 0 Å². The normalized spacial score (nSPS) is 15.5. The molecule has 0 aliphatic rings. The van der Waals surface area contributed by atoms with Gasteiger partial charge in [0.15, 0.2) is 0 Å². The number of rotatable bonds is 4. The van der Waals surface area contributed by atoms with Crippen LogP contribution in [0, 0.1) is 0 Å². The van der Waals surface area contributed by atoms with Crippen LogP contribution in [0.3, 0.4) is 0 Å². The quantitative estimate of drug-likeness (QED) is 0.367. The highest BCUT2D eigenvalue weighted by molar-refractivity contribution is 5.80. The van der Waals surface area contributed by atoms with Crippen LogP contribution in [0.15, 0.2) is 0 Å². The summed E-state index contributed by atoms with van der Waals surface area (Å²) in [6.45, 7) is 0. The summed E-state index contributed by atoms with van der Waals surface area (Å²) < 4.78 is 0. The maximum atomic E-state index is 10.2. The second-order valence-corrected chi connectivity index (χ2v) is 2.10. The molecule has 0 aromatic heterocycles. The van der Waals surface area contributed by atoms with E-state index in [0.29, 0.717) is 0 Å². The van der Waals surface area contributed by atoms with Crippen molar-refractivity contribution in [3.63, 3.8) is 0 Å². The van der Waals surface area contributed by atoms with Gasteiger partial charge in [-0.15, -0.1) is 0 Å². The van der Waals surface area contributed by atoms with Gasteiger partial charge in [0.25, 0.3) is 0 Å². The van der Waals surface area contributed by atoms with E-state index in [1.54, 1.807) is 0 Å². The van der Waals surface area contributed by atoms with E-state index >= 15 is 0 Å². The molecule has 0 aliphatic carbocycles. The molecule has 0 spiro atoms. The van der Waals surface area contributed by atoms with Crippen LogP contribution < -0.4 is 11.5 Å². The van der Waals surface area contributed by atoms with E-state index in [4.69, 9.17) is 15.9 Å². The second kappa shape index (κ2) is 3.89. The van der Waals surface area contributed by atoms with Crippen molar-refractivity contribution in [2.24, 2.45) is 11.5 Å². The van der Waals surface area contributed by atoms with Gasteiger partial charge in [0.2, 0.25) is 5.91 Å². The van der Waals surface area contributed by atoms with E-state index in [2.05, 4.69) is 5.73 Å². The molecule has 11 heavy (non-hydrogen) atoms. The zero-order valence-electron chi connectivity index (χ0n) is 5.73. The van der Waals surface area contributed by atoms with Crippen LogP contribution in [-0.4, -0.2) is 34.2 Å². The number of hydrogen-bond acceptors (Lipinski definition) is 4. The summed E-state index contributed by atoms with van der Waals surface area (Å²) >= 11 is 0. The van der Waals surface area contributed by atoms with Crippen LogP contribution in [0.25, 0.3) is 0 Å². The minimum Gasteiger partial charge on any atom is -0.480 e. The maximum Gasteiger partial charge on any atom is 0.320 e. The predicted octanol–water partition coefficient (Wildman–Crippen LogP) is -2.37. The first-order valence-electron chi connectivity index (χ1n) is 2.91. The number of nitrogens with two attached hydrogens (primary N) is 2. The van der Waals surface area contributed by atoms with Crippen LogP contribution in [-0.2, 0) is 9.59 Å². The minimum atomic E-state index is -1.49. The molecule has 2 atom stereocenters. The summed E-state index contributed by atoms with van der Waals surface area (Å²) in [5.41, 5.74) is 9.63. The average molecular weight is 162 g/mol. The Morgan fingerprint density at radius 3 is 2.18 bits per heavy atom. The van der Waals surface area contributed by atoms with Gasteiger partial charge >= 0.3 is 5.97 Å². The molecule has 0 heterocycles. The van der Waals surface area contributed by atoms with Crippen LogP contribution >= 0.6 is 0 Å². The Balaban J connectivity index is 3.84. The fourth-order valence-corrected chi connectivity index (χ4v) is 0.458. The summed E-state index contributed by atoms with van der Waals surface area (Å²) in [4.78, 5) is 20.3. The topological polar surface area (TPSA) is 127 Å². The molecule has 1 amide bonds. The minimum absolute atomic E-state index is 0.356. The van der Waals surface area contributed by atoms with Crippen molar-refractivity contribution in [1.82, 2.24) is 0 Å². The van der Waals surface area contributed by atoms with Crippen molar-refractivity contribution in [2.45, 2.75) is 18.6 Å². The standard InChI is InChI=1S/C5H10N2O4/c6-2(5(10)11)1-3(8)4(7)9/h2-3,8H,1,6H2,(H2,7,9)(H,10,11)/t2-,3?/m0/s1. The molecule has 6 nitrogen and oxygen atoms in total. The molecule has 6 heteroatoms. The number of primary amides is 1. The first-order chi connectivity index (χ1) is 4.95. The molecule has 0 rings (SSSR count). The van der Waals surface area contributed by atoms with E-state index in [-0.39, 0.29) is 6.42 Å². The Labute approximate surface area is 62.8 Å².